The summed E-state index contributed by atoms with van der Waals surface area (Å²) in [6.07, 6.45) is 30.8. The summed E-state index contributed by atoms with van der Waals surface area (Å²) in [7, 11) is 0. The molecule has 284 valence electrons. The van der Waals surface area contributed by atoms with E-state index in [0.29, 0.717) is 6.42 Å². The second-order valence-corrected chi connectivity index (χ2v) is 14.1. The first-order chi connectivity index (χ1) is 23.6. The van der Waals surface area contributed by atoms with Crippen LogP contribution in [0.3, 0.4) is 0 Å². The second-order valence-electron chi connectivity index (χ2n) is 14.1. The van der Waals surface area contributed by atoms with Gasteiger partial charge in [-0.15, -0.1) is 0 Å². The highest BCUT2D eigenvalue weighted by Crippen LogP contribution is 2.17. The molecule has 0 rings (SSSR count). The molecule has 0 aliphatic heterocycles. The topological polar surface area (TPSA) is 88.1 Å². The Balaban J connectivity index is 4.01. The van der Waals surface area contributed by atoms with Crippen LogP contribution in [-0.4, -0.2) is 43.5 Å². The Bertz CT molecular complexity index is 909. The summed E-state index contributed by atoms with van der Waals surface area (Å²) in [5.74, 6) is -1.76. The second kappa shape index (κ2) is 32.8. The van der Waals surface area contributed by atoms with Crippen molar-refractivity contribution in [2.24, 2.45) is 0 Å². The average molecular weight is 691 g/mol. The maximum absolute atomic E-state index is 12.2. The quantitative estimate of drug-likeness (QED) is 0.0215. The highest BCUT2D eigenvalue weighted by Gasteiger charge is 2.22. The molecular formula is C42H74O7. The third kappa shape index (κ3) is 30.2. The first kappa shape index (κ1) is 46.6. The fraction of sp³-hybridized carbons (Fsp3) is 0.786. The van der Waals surface area contributed by atoms with Crippen molar-refractivity contribution < 1.29 is 33.3 Å². The molecule has 49 heavy (non-hydrogen) atoms. The van der Waals surface area contributed by atoms with Crippen LogP contribution in [0, 0.1) is 0 Å². The number of carbonyl (C=O) groups is 3. The van der Waals surface area contributed by atoms with Crippen LogP contribution in [0.5, 0.6) is 0 Å². The SMILES string of the molecule is C=C(C)C(=O)OCC(COC(CCCCCCCCCCCCCCCCCCCCCCCCCC)OC(=O)C(=C)C)OC(=O)C(=C)C. The fourth-order valence-electron chi connectivity index (χ4n) is 5.54. The molecular weight excluding hydrogens is 616 g/mol. The molecule has 0 fully saturated rings. The van der Waals surface area contributed by atoms with Crippen molar-refractivity contribution in [3.8, 4) is 0 Å². The van der Waals surface area contributed by atoms with Crippen molar-refractivity contribution in [3.63, 3.8) is 0 Å². The average Bonchev–Trinajstić information content (AvgIpc) is 3.06. The minimum Gasteiger partial charge on any atom is -0.458 e. The van der Waals surface area contributed by atoms with Gasteiger partial charge in [0.2, 0.25) is 6.29 Å². The molecule has 0 saturated carbocycles. The monoisotopic (exact) mass is 691 g/mol. The zero-order valence-electron chi connectivity index (χ0n) is 32.2. The molecule has 0 aromatic carbocycles. The smallest absolute Gasteiger partial charge is 0.335 e. The Morgan fingerprint density at radius 3 is 1.12 bits per heavy atom. The Labute approximate surface area is 301 Å². The van der Waals surface area contributed by atoms with E-state index in [-0.39, 0.29) is 29.9 Å². The van der Waals surface area contributed by atoms with Gasteiger partial charge in [0.15, 0.2) is 6.10 Å². The number of carbonyl (C=O) groups excluding carboxylic acids is 3. The van der Waals surface area contributed by atoms with Crippen LogP contribution in [0.2, 0.25) is 0 Å². The Hall–Kier alpha value is -2.41. The van der Waals surface area contributed by atoms with E-state index in [1.807, 2.05) is 0 Å². The van der Waals surface area contributed by atoms with Gasteiger partial charge in [-0.3, -0.25) is 0 Å². The summed E-state index contributed by atoms with van der Waals surface area (Å²) in [5.41, 5.74) is 0.713. The first-order valence-electron chi connectivity index (χ1n) is 19.8. The third-order valence-corrected chi connectivity index (χ3v) is 8.72. The molecule has 0 spiro atoms. The van der Waals surface area contributed by atoms with Crippen molar-refractivity contribution in [1.82, 2.24) is 0 Å². The molecule has 0 aromatic heterocycles. The molecule has 0 amide bonds. The Morgan fingerprint density at radius 1 is 0.449 bits per heavy atom. The lowest BCUT2D eigenvalue weighted by molar-refractivity contribution is -0.189. The van der Waals surface area contributed by atoms with E-state index < -0.39 is 30.3 Å². The molecule has 0 bridgehead atoms. The largest absolute Gasteiger partial charge is 0.458 e. The zero-order chi connectivity index (χ0) is 36.5. The highest BCUT2D eigenvalue weighted by molar-refractivity contribution is 5.88. The number of hydrogen-bond acceptors (Lipinski definition) is 7. The van der Waals surface area contributed by atoms with Crippen LogP contribution in [-0.2, 0) is 33.3 Å². The normalized spacial score (nSPS) is 12.2. The number of hydrogen-bond donors (Lipinski definition) is 0. The highest BCUT2D eigenvalue weighted by atomic mass is 16.7. The Morgan fingerprint density at radius 2 is 0.776 bits per heavy atom. The summed E-state index contributed by atoms with van der Waals surface area (Å²) in [6.45, 7) is 17.4. The first-order valence-corrected chi connectivity index (χ1v) is 19.8. The Kier molecular flexibility index (Phi) is 31.2. The maximum atomic E-state index is 12.2. The van der Waals surface area contributed by atoms with Gasteiger partial charge in [0.25, 0.3) is 0 Å². The molecule has 7 nitrogen and oxygen atoms in total. The van der Waals surface area contributed by atoms with E-state index in [1.165, 1.54) is 149 Å². The fourth-order valence-corrected chi connectivity index (χ4v) is 5.54. The minimum atomic E-state index is -0.891. The summed E-state index contributed by atoms with van der Waals surface area (Å²) >= 11 is 0. The molecule has 0 aliphatic rings. The van der Waals surface area contributed by atoms with Crippen LogP contribution >= 0.6 is 0 Å². The van der Waals surface area contributed by atoms with Gasteiger partial charge in [-0.1, -0.05) is 174 Å². The lowest BCUT2D eigenvalue weighted by Crippen LogP contribution is -2.33. The molecule has 2 atom stereocenters. The zero-order valence-corrected chi connectivity index (χ0v) is 32.2. The molecule has 0 heterocycles. The van der Waals surface area contributed by atoms with Gasteiger partial charge in [0.05, 0.1) is 6.61 Å². The van der Waals surface area contributed by atoms with E-state index in [2.05, 4.69) is 26.7 Å². The van der Waals surface area contributed by atoms with Crippen LogP contribution < -0.4 is 0 Å². The predicted octanol–water partition coefficient (Wildman–Crippen LogP) is 11.8. The van der Waals surface area contributed by atoms with Gasteiger partial charge in [-0.25, -0.2) is 14.4 Å². The van der Waals surface area contributed by atoms with Gasteiger partial charge in [-0.05, 0) is 27.2 Å². The van der Waals surface area contributed by atoms with E-state index in [0.717, 1.165) is 19.3 Å². The lowest BCUT2D eigenvalue weighted by Gasteiger charge is -2.23. The molecule has 2 unspecified atom stereocenters. The number of rotatable bonds is 35. The maximum Gasteiger partial charge on any atom is 0.335 e. The summed E-state index contributed by atoms with van der Waals surface area (Å²) in [6, 6.07) is 0. The third-order valence-electron chi connectivity index (χ3n) is 8.72. The number of ether oxygens (including phenoxy) is 4. The molecule has 0 radical (unpaired) electrons. The molecule has 0 N–H and O–H groups in total. The van der Waals surface area contributed by atoms with Crippen molar-refractivity contribution in [3.05, 3.63) is 36.5 Å². The van der Waals surface area contributed by atoms with Crippen LogP contribution in [0.15, 0.2) is 36.5 Å². The van der Waals surface area contributed by atoms with Crippen molar-refractivity contribution >= 4 is 17.9 Å². The molecule has 7 heteroatoms. The van der Waals surface area contributed by atoms with E-state index in [9.17, 15) is 14.4 Å². The molecule has 0 aromatic rings. The number of unbranched alkanes of at least 4 members (excludes halogenated alkanes) is 23. The predicted molar refractivity (Wildman–Crippen MR) is 202 cm³/mol. The van der Waals surface area contributed by atoms with Gasteiger partial charge in [0, 0.05) is 23.1 Å². The van der Waals surface area contributed by atoms with Crippen LogP contribution in [0.25, 0.3) is 0 Å². The standard InChI is InChI=1S/C42H74O7/c1-8-9-10-11-12-13-14-15-16-17-18-19-20-21-22-23-24-25-26-27-28-29-30-31-32-39(49-42(45)37(6)7)46-33-38(48-41(44)36(4)5)34-47-40(43)35(2)3/h38-39H,2,4,6,8-34H2,1,3,5,7H3. The molecule has 0 aliphatic carbocycles. The minimum absolute atomic E-state index is 0.115. The van der Waals surface area contributed by atoms with E-state index >= 15 is 0 Å². The van der Waals surface area contributed by atoms with Gasteiger partial charge in [-0.2, -0.15) is 0 Å². The summed E-state index contributed by atoms with van der Waals surface area (Å²) in [5, 5.41) is 0. The van der Waals surface area contributed by atoms with Gasteiger partial charge >= 0.3 is 17.9 Å². The van der Waals surface area contributed by atoms with Crippen LogP contribution in [0.1, 0.15) is 188 Å². The van der Waals surface area contributed by atoms with Gasteiger partial charge < -0.3 is 18.9 Å². The van der Waals surface area contributed by atoms with Gasteiger partial charge in [0.1, 0.15) is 6.61 Å². The van der Waals surface area contributed by atoms with Crippen molar-refractivity contribution in [2.45, 2.75) is 201 Å². The summed E-state index contributed by atoms with van der Waals surface area (Å²) in [4.78, 5) is 36.2. The van der Waals surface area contributed by atoms with Crippen LogP contribution in [0.4, 0.5) is 0 Å². The van der Waals surface area contributed by atoms with Crippen molar-refractivity contribution in [2.75, 3.05) is 13.2 Å². The van der Waals surface area contributed by atoms with E-state index in [1.54, 1.807) is 6.92 Å². The number of esters is 3. The van der Waals surface area contributed by atoms with E-state index in [4.69, 9.17) is 18.9 Å². The van der Waals surface area contributed by atoms with Crippen molar-refractivity contribution in [1.29, 1.82) is 0 Å². The molecule has 0 saturated heterocycles. The summed E-state index contributed by atoms with van der Waals surface area (Å²) < 4.78 is 21.9. The lowest BCUT2D eigenvalue weighted by atomic mass is 10.0.